The van der Waals surface area contributed by atoms with Crippen molar-refractivity contribution in [3.05, 3.63) is 70.3 Å². The average Bonchev–Trinajstić information content (AvgIpc) is 3.17. The van der Waals surface area contributed by atoms with Gasteiger partial charge in [-0.2, -0.15) is 0 Å². The first-order valence-electron chi connectivity index (χ1n) is 9.61. The lowest BCUT2D eigenvalue weighted by Gasteiger charge is -2.40. The third kappa shape index (κ3) is 5.30. The number of anilines is 1. The standard InChI is InChI=1S/C19H17F2N5O2.CH5N.CH2O/c1-12-7-22-11-25(12)10-13-8-24(9-13)19-18(26(27)28)5-4-17(23-19)15-3-2-14(20)6-16(15)21;2*1-2/h2-7,11,13H,8-10H2,1H3;2H2,1H3;1H2. The molecule has 0 atom stereocenters. The number of hydrogen-bond donors (Lipinski definition) is 1. The van der Waals surface area contributed by atoms with Crippen LogP contribution in [0.2, 0.25) is 0 Å². The van der Waals surface area contributed by atoms with Gasteiger partial charge >= 0.3 is 5.69 Å². The molecule has 1 saturated heterocycles. The molecule has 2 N–H and O–H groups in total. The molecule has 9 nitrogen and oxygen atoms in total. The molecule has 0 bridgehead atoms. The van der Waals surface area contributed by atoms with E-state index in [2.05, 4.69) is 15.7 Å². The zero-order valence-electron chi connectivity index (χ0n) is 17.7. The molecule has 0 radical (unpaired) electrons. The summed E-state index contributed by atoms with van der Waals surface area (Å²) in [5.41, 5.74) is 5.75. The van der Waals surface area contributed by atoms with Gasteiger partial charge in [-0.15, -0.1) is 0 Å². The Bertz CT molecular complexity index is 1070. The molecule has 0 aliphatic carbocycles. The SMILES string of the molecule is C=O.CN.Cc1cncn1CC1CN(c2nc(-c3ccc(F)cc3F)ccc2[N+](=O)[O-])C1. The van der Waals surface area contributed by atoms with Gasteiger partial charge in [-0.25, -0.2) is 18.7 Å². The summed E-state index contributed by atoms with van der Waals surface area (Å²) >= 11 is 0. The minimum Gasteiger partial charge on any atom is -0.350 e. The molecule has 2 aromatic heterocycles. The number of aromatic nitrogens is 3. The van der Waals surface area contributed by atoms with Gasteiger partial charge in [0.25, 0.3) is 0 Å². The van der Waals surface area contributed by atoms with Crippen molar-refractivity contribution in [2.24, 2.45) is 11.7 Å². The normalized spacial score (nSPS) is 12.7. The van der Waals surface area contributed by atoms with Gasteiger partial charge in [0.2, 0.25) is 5.82 Å². The molecule has 11 heteroatoms. The Hall–Kier alpha value is -3.73. The van der Waals surface area contributed by atoms with Crippen LogP contribution < -0.4 is 10.6 Å². The third-order valence-corrected chi connectivity index (χ3v) is 4.89. The van der Waals surface area contributed by atoms with Gasteiger partial charge in [0.1, 0.15) is 18.4 Å². The maximum Gasteiger partial charge on any atom is 0.311 e. The lowest BCUT2D eigenvalue weighted by atomic mass is 9.99. The van der Waals surface area contributed by atoms with E-state index in [0.717, 1.165) is 24.4 Å². The van der Waals surface area contributed by atoms with Crippen molar-refractivity contribution in [3.63, 3.8) is 0 Å². The van der Waals surface area contributed by atoms with Gasteiger partial charge in [-0.05, 0) is 32.2 Å². The second-order valence-corrected chi connectivity index (χ2v) is 6.88. The third-order valence-electron chi connectivity index (χ3n) is 4.89. The summed E-state index contributed by atoms with van der Waals surface area (Å²) < 4.78 is 29.3. The van der Waals surface area contributed by atoms with Crippen molar-refractivity contribution in [2.45, 2.75) is 13.5 Å². The molecule has 1 aromatic carbocycles. The highest BCUT2D eigenvalue weighted by Gasteiger charge is 2.33. The topological polar surface area (TPSA) is 120 Å². The molecular weight excluding hydrogens is 422 g/mol. The lowest BCUT2D eigenvalue weighted by molar-refractivity contribution is -0.384. The minimum atomic E-state index is -0.760. The second kappa shape index (κ2) is 11.0. The van der Waals surface area contributed by atoms with E-state index < -0.39 is 16.6 Å². The van der Waals surface area contributed by atoms with Crippen LogP contribution in [0.15, 0.2) is 42.9 Å². The van der Waals surface area contributed by atoms with Crippen molar-refractivity contribution in [1.82, 2.24) is 14.5 Å². The van der Waals surface area contributed by atoms with Gasteiger partial charge in [-0.3, -0.25) is 10.1 Å². The number of carbonyl (C=O) groups excluding carboxylic acids is 1. The first-order chi connectivity index (χ1) is 15.4. The Morgan fingerprint density at radius 3 is 2.47 bits per heavy atom. The summed E-state index contributed by atoms with van der Waals surface area (Å²) in [6.07, 6.45) is 3.54. The molecule has 0 saturated carbocycles. The number of carbonyl (C=O) groups is 1. The molecule has 4 rings (SSSR count). The van der Waals surface area contributed by atoms with Gasteiger partial charge in [-0.1, -0.05) is 0 Å². The van der Waals surface area contributed by atoms with Crippen molar-refractivity contribution in [2.75, 3.05) is 25.0 Å². The lowest BCUT2D eigenvalue weighted by Crippen LogP contribution is -2.49. The molecule has 1 fully saturated rings. The second-order valence-electron chi connectivity index (χ2n) is 6.88. The van der Waals surface area contributed by atoms with Crippen LogP contribution in [0.3, 0.4) is 0 Å². The Balaban J connectivity index is 0.000000860. The number of nitrogens with zero attached hydrogens (tertiary/aromatic N) is 5. The highest BCUT2D eigenvalue weighted by molar-refractivity contribution is 5.68. The smallest absolute Gasteiger partial charge is 0.311 e. The zero-order chi connectivity index (χ0) is 23.8. The van der Waals surface area contributed by atoms with Crippen LogP contribution in [0.25, 0.3) is 11.3 Å². The molecular formula is C21H24F2N6O3. The van der Waals surface area contributed by atoms with E-state index in [9.17, 15) is 18.9 Å². The molecule has 0 amide bonds. The maximum atomic E-state index is 14.1. The Kier molecular flexibility index (Phi) is 8.47. The van der Waals surface area contributed by atoms with Crippen molar-refractivity contribution >= 4 is 18.3 Å². The number of nitro groups is 1. The van der Waals surface area contributed by atoms with E-state index in [1.165, 1.54) is 25.2 Å². The number of rotatable bonds is 5. The predicted octanol–water partition coefficient (Wildman–Crippen LogP) is 2.97. The number of nitrogens with two attached hydrogens (primary N) is 1. The molecule has 3 aromatic rings. The molecule has 32 heavy (non-hydrogen) atoms. The van der Waals surface area contributed by atoms with Crippen molar-refractivity contribution in [1.29, 1.82) is 0 Å². The Morgan fingerprint density at radius 2 is 1.91 bits per heavy atom. The fourth-order valence-corrected chi connectivity index (χ4v) is 3.38. The summed E-state index contributed by atoms with van der Waals surface area (Å²) in [5, 5.41) is 11.4. The van der Waals surface area contributed by atoms with Crippen LogP contribution in [-0.2, 0) is 11.3 Å². The number of imidazole rings is 1. The largest absolute Gasteiger partial charge is 0.350 e. The number of aryl methyl sites for hydroxylation is 1. The Morgan fingerprint density at radius 1 is 1.22 bits per heavy atom. The van der Waals surface area contributed by atoms with Crippen molar-refractivity contribution < 1.29 is 18.5 Å². The molecule has 1 aliphatic heterocycles. The Labute approximate surface area is 183 Å². The van der Waals surface area contributed by atoms with E-state index in [1.807, 2.05) is 18.3 Å². The van der Waals surface area contributed by atoms with E-state index in [1.54, 1.807) is 17.4 Å². The molecule has 0 spiro atoms. The van der Waals surface area contributed by atoms with Crippen LogP contribution in [0.1, 0.15) is 5.69 Å². The highest BCUT2D eigenvalue weighted by atomic mass is 19.1. The first-order valence-corrected chi connectivity index (χ1v) is 9.61. The minimum absolute atomic E-state index is 0.101. The van der Waals surface area contributed by atoms with E-state index in [4.69, 9.17) is 4.79 Å². The van der Waals surface area contributed by atoms with Crippen LogP contribution in [0.4, 0.5) is 20.3 Å². The summed E-state index contributed by atoms with van der Waals surface area (Å²) in [6.45, 7) is 5.93. The maximum absolute atomic E-state index is 14.1. The van der Waals surface area contributed by atoms with Crippen molar-refractivity contribution in [3.8, 4) is 11.3 Å². The van der Waals surface area contributed by atoms with Crippen LogP contribution >= 0.6 is 0 Å². The fraction of sp³-hybridized carbons (Fsp3) is 0.286. The zero-order valence-corrected chi connectivity index (χ0v) is 17.7. The quantitative estimate of drug-likeness (QED) is 0.472. The fourth-order valence-electron chi connectivity index (χ4n) is 3.38. The monoisotopic (exact) mass is 446 g/mol. The molecule has 1 aliphatic rings. The number of halogens is 2. The first kappa shape index (κ1) is 24.5. The molecule has 170 valence electrons. The van der Waals surface area contributed by atoms with E-state index in [0.29, 0.717) is 19.0 Å². The number of hydrogen-bond acceptors (Lipinski definition) is 7. The van der Waals surface area contributed by atoms with E-state index in [-0.39, 0.29) is 22.8 Å². The van der Waals surface area contributed by atoms with Gasteiger partial charge in [0.15, 0.2) is 0 Å². The molecule has 0 unspecified atom stereocenters. The van der Waals surface area contributed by atoms with Crippen LogP contribution in [0, 0.1) is 34.6 Å². The van der Waals surface area contributed by atoms with Gasteiger partial charge in [0, 0.05) is 55.1 Å². The summed E-state index contributed by atoms with van der Waals surface area (Å²) in [6, 6.07) is 5.88. The van der Waals surface area contributed by atoms with Crippen LogP contribution in [-0.4, -0.2) is 46.4 Å². The van der Waals surface area contributed by atoms with E-state index >= 15 is 0 Å². The predicted molar refractivity (Wildman–Crippen MR) is 116 cm³/mol. The summed E-state index contributed by atoms with van der Waals surface area (Å²) in [5.74, 6) is -0.946. The van der Waals surface area contributed by atoms with Gasteiger partial charge in [0.05, 0.1) is 16.9 Å². The summed E-state index contributed by atoms with van der Waals surface area (Å²) in [4.78, 5) is 29.1. The average molecular weight is 446 g/mol. The number of pyridine rings is 1. The van der Waals surface area contributed by atoms with Crippen LogP contribution in [0.5, 0.6) is 0 Å². The molecule has 3 heterocycles. The van der Waals surface area contributed by atoms with Gasteiger partial charge < -0.3 is 20.0 Å². The summed E-state index contributed by atoms with van der Waals surface area (Å²) in [7, 11) is 1.50. The highest BCUT2D eigenvalue weighted by Crippen LogP contribution is 2.35. The number of benzene rings is 1.